The van der Waals surface area contributed by atoms with Gasteiger partial charge in [0.2, 0.25) is 0 Å². The smallest absolute Gasteiger partial charge is 0.307 e. The van der Waals surface area contributed by atoms with Crippen molar-refractivity contribution in [2.24, 2.45) is 0 Å². The Morgan fingerprint density at radius 3 is 2.55 bits per heavy atom. The number of benzene rings is 2. The monoisotopic (exact) mass is 409 g/mol. The Hall–Kier alpha value is -2.63. The molecule has 0 atom stereocenters. The molecule has 0 aliphatic carbocycles. The molecule has 1 N–H and O–H groups in total. The molecule has 0 saturated heterocycles. The maximum atomic E-state index is 12.6. The normalized spacial score (nSPS) is 14.9. The van der Waals surface area contributed by atoms with Crippen LogP contribution in [0.5, 0.6) is 0 Å². The molecule has 0 radical (unpaired) electrons. The van der Waals surface area contributed by atoms with Gasteiger partial charge in [-0.3, -0.25) is 14.3 Å². The first-order valence-electron chi connectivity index (χ1n) is 10.0. The topological polar surface area (TPSA) is 58.1 Å². The molecule has 150 valence electrons. The Labute approximate surface area is 174 Å². The molecule has 0 fully saturated rings. The second kappa shape index (κ2) is 8.80. The average molecular weight is 410 g/mol. The molecule has 3 aromatic rings. The highest BCUT2D eigenvalue weighted by atomic mass is 35.5. The summed E-state index contributed by atoms with van der Waals surface area (Å²) in [4.78, 5) is 30.1. The summed E-state index contributed by atoms with van der Waals surface area (Å²) in [5.41, 5.74) is 2.57. The predicted molar refractivity (Wildman–Crippen MR) is 119 cm³/mol. The Bertz CT molecular complexity index is 1150. The number of aromatic nitrogens is 2. The fourth-order valence-corrected chi connectivity index (χ4v) is 4.04. The maximum Gasteiger partial charge on any atom is 0.328 e. The molecule has 1 aromatic heterocycles. The van der Waals surface area contributed by atoms with Gasteiger partial charge in [-0.1, -0.05) is 48.0 Å². The molecule has 0 bridgehead atoms. The van der Waals surface area contributed by atoms with E-state index >= 15 is 0 Å². The van der Waals surface area contributed by atoms with Crippen LogP contribution in [0.1, 0.15) is 24.8 Å². The van der Waals surface area contributed by atoms with Crippen LogP contribution in [0.2, 0.25) is 5.02 Å². The first-order chi connectivity index (χ1) is 14.1. The van der Waals surface area contributed by atoms with E-state index in [4.69, 9.17) is 11.6 Å². The predicted octanol–water partition coefficient (Wildman–Crippen LogP) is 3.91. The number of nitrogens with zero attached hydrogens (tertiary/aromatic N) is 2. The molecule has 5 nitrogen and oxygen atoms in total. The van der Waals surface area contributed by atoms with E-state index in [0.717, 1.165) is 38.9 Å². The van der Waals surface area contributed by atoms with Crippen molar-refractivity contribution in [3.05, 3.63) is 86.0 Å². The lowest BCUT2D eigenvalue weighted by Crippen LogP contribution is -2.35. The number of nitrogens with one attached hydrogen (secondary N) is 1. The Morgan fingerprint density at radius 1 is 1.00 bits per heavy atom. The summed E-state index contributed by atoms with van der Waals surface area (Å²) in [6, 6.07) is 15.5. The molecule has 0 unspecified atom stereocenters. The zero-order valence-corrected chi connectivity index (χ0v) is 17.0. The van der Waals surface area contributed by atoms with Gasteiger partial charge in [0.05, 0.1) is 10.9 Å². The molecule has 4 rings (SSSR count). The minimum Gasteiger partial charge on any atom is -0.307 e. The van der Waals surface area contributed by atoms with Gasteiger partial charge < -0.3 is 4.98 Å². The van der Waals surface area contributed by atoms with Crippen molar-refractivity contribution in [3.8, 4) is 0 Å². The largest absolute Gasteiger partial charge is 0.328 e. The van der Waals surface area contributed by atoms with E-state index in [1.54, 1.807) is 18.2 Å². The van der Waals surface area contributed by atoms with Gasteiger partial charge in [-0.15, -0.1) is 0 Å². The van der Waals surface area contributed by atoms with Crippen molar-refractivity contribution in [2.45, 2.75) is 25.8 Å². The van der Waals surface area contributed by atoms with E-state index < -0.39 is 0 Å². The van der Waals surface area contributed by atoms with Gasteiger partial charge in [0.15, 0.2) is 0 Å². The number of aromatic amines is 1. The highest BCUT2D eigenvalue weighted by Crippen LogP contribution is 2.22. The van der Waals surface area contributed by atoms with Crippen molar-refractivity contribution in [1.29, 1.82) is 0 Å². The third-order valence-corrected chi connectivity index (χ3v) is 5.72. The van der Waals surface area contributed by atoms with Crippen molar-refractivity contribution in [3.63, 3.8) is 0 Å². The third-order valence-electron chi connectivity index (χ3n) is 5.49. The van der Waals surface area contributed by atoms with Crippen LogP contribution in [-0.4, -0.2) is 34.1 Å². The number of unbranched alkanes of at least 4 members (excludes halogenated alkanes) is 1. The van der Waals surface area contributed by atoms with Crippen LogP contribution in [-0.2, 0) is 6.54 Å². The number of halogens is 1. The van der Waals surface area contributed by atoms with Gasteiger partial charge in [-0.05, 0) is 55.1 Å². The zero-order chi connectivity index (χ0) is 20.2. The van der Waals surface area contributed by atoms with Crippen molar-refractivity contribution in [1.82, 2.24) is 14.5 Å². The molecule has 0 amide bonds. The molecule has 1 aliphatic heterocycles. The summed E-state index contributed by atoms with van der Waals surface area (Å²) in [6.45, 7) is 3.37. The van der Waals surface area contributed by atoms with Crippen LogP contribution in [0.25, 0.3) is 16.5 Å². The number of rotatable bonds is 6. The summed E-state index contributed by atoms with van der Waals surface area (Å²) in [7, 11) is 0. The fourth-order valence-electron chi connectivity index (χ4n) is 3.86. The average Bonchev–Trinajstić information content (AvgIpc) is 2.74. The molecule has 0 spiro atoms. The first-order valence-corrected chi connectivity index (χ1v) is 10.4. The molecule has 6 heteroatoms. The van der Waals surface area contributed by atoms with E-state index in [9.17, 15) is 9.59 Å². The minimum absolute atomic E-state index is 0.256. The lowest BCUT2D eigenvalue weighted by atomic mass is 9.99. The van der Waals surface area contributed by atoms with E-state index in [2.05, 4.69) is 40.2 Å². The maximum absolute atomic E-state index is 12.6. The fraction of sp³-hybridized carbons (Fsp3) is 0.304. The number of hydrogen-bond donors (Lipinski definition) is 1. The molecule has 2 heterocycles. The summed E-state index contributed by atoms with van der Waals surface area (Å²) in [5, 5.41) is 0.986. The SMILES string of the molecule is O=c1[nH]c2cc(Cl)ccc2c(=O)n1CCCCN1CC=C(c2ccccc2)CC1. The van der Waals surface area contributed by atoms with Gasteiger partial charge in [-0.25, -0.2) is 4.79 Å². The van der Waals surface area contributed by atoms with Crippen LogP contribution in [0.3, 0.4) is 0 Å². The summed E-state index contributed by atoms with van der Waals surface area (Å²) < 4.78 is 1.29. The lowest BCUT2D eigenvalue weighted by molar-refractivity contribution is 0.292. The van der Waals surface area contributed by atoms with Gasteiger partial charge in [0.1, 0.15) is 0 Å². The van der Waals surface area contributed by atoms with E-state index in [-0.39, 0.29) is 11.2 Å². The summed E-state index contributed by atoms with van der Waals surface area (Å²) in [6.07, 6.45) is 5.09. The van der Waals surface area contributed by atoms with Crippen LogP contribution in [0, 0.1) is 0 Å². The molecule has 2 aromatic carbocycles. The number of fused-ring (bicyclic) bond motifs is 1. The van der Waals surface area contributed by atoms with Gasteiger partial charge >= 0.3 is 5.69 Å². The van der Waals surface area contributed by atoms with Gasteiger partial charge in [0, 0.05) is 24.7 Å². The molecular weight excluding hydrogens is 386 g/mol. The number of H-pyrrole nitrogens is 1. The molecule has 0 saturated carbocycles. The van der Waals surface area contributed by atoms with Gasteiger partial charge in [0.25, 0.3) is 5.56 Å². The van der Waals surface area contributed by atoms with Crippen LogP contribution in [0.15, 0.2) is 64.2 Å². The van der Waals surface area contributed by atoms with Crippen LogP contribution in [0.4, 0.5) is 0 Å². The third kappa shape index (κ3) is 4.52. The number of hydrogen-bond acceptors (Lipinski definition) is 3. The highest BCUT2D eigenvalue weighted by molar-refractivity contribution is 6.31. The molecular formula is C23H24ClN3O2. The quantitative estimate of drug-likeness (QED) is 0.628. The Morgan fingerprint density at radius 2 is 1.79 bits per heavy atom. The molecule has 1 aliphatic rings. The minimum atomic E-state index is -0.377. The van der Waals surface area contributed by atoms with E-state index in [0.29, 0.717) is 22.5 Å². The zero-order valence-electron chi connectivity index (χ0n) is 16.2. The Balaban J connectivity index is 1.32. The first kappa shape index (κ1) is 19.7. The van der Waals surface area contributed by atoms with Crippen molar-refractivity contribution >= 4 is 28.1 Å². The lowest BCUT2D eigenvalue weighted by Gasteiger charge is -2.26. The second-order valence-electron chi connectivity index (χ2n) is 7.43. The van der Waals surface area contributed by atoms with Crippen molar-refractivity contribution in [2.75, 3.05) is 19.6 Å². The van der Waals surface area contributed by atoms with Crippen LogP contribution >= 0.6 is 11.6 Å². The van der Waals surface area contributed by atoms with E-state index in [1.807, 2.05) is 6.07 Å². The van der Waals surface area contributed by atoms with Gasteiger partial charge in [-0.2, -0.15) is 0 Å². The Kier molecular flexibility index (Phi) is 5.97. The molecule has 29 heavy (non-hydrogen) atoms. The second-order valence-corrected chi connectivity index (χ2v) is 7.87. The highest BCUT2D eigenvalue weighted by Gasteiger charge is 2.13. The van der Waals surface area contributed by atoms with E-state index in [1.165, 1.54) is 15.7 Å². The van der Waals surface area contributed by atoms with Crippen molar-refractivity contribution < 1.29 is 0 Å². The standard InChI is InChI=1S/C23H24ClN3O2/c24-19-8-9-20-21(16-19)25-23(29)27(22(20)28)13-5-4-12-26-14-10-18(11-15-26)17-6-2-1-3-7-17/h1-3,6-10,16H,4-5,11-15H2,(H,25,29). The summed E-state index contributed by atoms with van der Waals surface area (Å²) in [5.74, 6) is 0. The van der Waals surface area contributed by atoms with Crippen LogP contribution < -0.4 is 11.2 Å². The summed E-state index contributed by atoms with van der Waals surface area (Å²) >= 11 is 5.94.